The van der Waals surface area contributed by atoms with Gasteiger partial charge in [0, 0.05) is 30.8 Å². The van der Waals surface area contributed by atoms with Gasteiger partial charge in [-0.15, -0.1) is 0 Å². The lowest BCUT2D eigenvalue weighted by atomic mass is 10.0. The van der Waals surface area contributed by atoms with Gasteiger partial charge in [0.1, 0.15) is 11.5 Å². The average Bonchev–Trinajstić information content (AvgIpc) is 2.46. The molecule has 0 radical (unpaired) electrons. The molecule has 1 unspecified atom stereocenters. The normalized spacial score (nSPS) is 18.4. The summed E-state index contributed by atoms with van der Waals surface area (Å²) >= 11 is 0. The summed E-state index contributed by atoms with van der Waals surface area (Å²) in [7, 11) is 0. The third-order valence-corrected chi connectivity index (χ3v) is 3.78. The second-order valence-corrected chi connectivity index (χ2v) is 5.64. The number of phenols is 2. The first-order valence-corrected chi connectivity index (χ1v) is 7.66. The maximum atomic E-state index is 12.6. The minimum Gasteiger partial charge on any atom is -0.508 e. The number of benzene rings is 1. The molecule has 0 bridgehead atoms. The van der Waals surface area contributed by atoms with Crippen molar-refractivity contribution in [2.45, 2.75) is 38.6 Å². The summed E-state index contributed by atoms with van der Waals surface area (Å²) in [6, 6.07) is 4.36. The van der Waals surface area contributed by atoms with Gasteiger partial charge in [0.2, 0.25) is 0 Å². The van der Waals surface area contributed by atoms with Crippen LogP contribution in [0.3, 0.4) is 0 Å². The number of nitrogens with one attached hydrogen (secondary N) is 1. The number of hydrogen-bond donors (Lipinski definition) is 3. The molecular formula is C16H24N2O3. The quantitative estimate of drug-likeness (QED) is 0.777. The number of carbonyl (C=O) groups is 1. The van der Waals surface area contributed by atoms with Gasteiger partial charge in [0.05, 0.1) is 0 Å². The molecule has 2 rings (SSSR count). The van der Waals surface area contributed by atoms with Crippen molar-refractivity contribution in [3.63, 3.8) is 0 Å². The minimum absolute atomic E-state index is 0.0920. The van der Waals surface area contributed by atoms with E-state index in [1.165, 1.54) is 31.0 Å². The first-order chi connectivity index (χ1) is 10.1. The molecule has 116 valence electrons. The molecule has 1 saturated heterocycles. The van der Waals surface area contributed by atoms with E-state index >= 15 is 0 Å². The Morgan fingerprint density at radius 2 is 2.00 bits per heavy atom. The molecule has 5 nitrogen and oxygen atoms in total. The number of piperidine rings is 1. The van der Waals surface area contributed by atoms with Crippen LogP contribution in [0.4, 0.5) is 0 Å². The molecule has 5 heteroatoms. The van der Waals surface area contributed by atoms with Crippen LogP contribution in [0, 0.1) is 0 Å². The van der Waals surface area contributed by atoms with E-state index in [1.807, 2.05) is 6.92 Å². The maximum Gasteiger partial charge on any atom is 0.254 e. The number of phenolic OH excluding ortho intramolecular Hbond substituents is 2. The zero-order chi connectivity index (χ0) is 15.2. The summed E-state index contributed by atoms with van der Waals surface area (Å²) in [6.45, 7) is 4.39. The number of nitrogens with zero attached hydrogens (tertiary/aromatic N) is 1. The highest BCUT2D eigenvalue weighted by Gasteiger charge is 2.21. The zero-order valence-electron chi connectivity index (χ0n) is 12.5. The maximum absolute atomic E-state index is 12.6. The lowest BCUT2D eigenvalue weighted by Crippen LogP contribution is -2.46. The average molecular weight is 292 g/mol. The first kappa shape index (κ1) is 15.6. The van der Waals surface area contributed by atoms with Crippen LogP contribution in [-0.2, 0) is 0 Å². The Balaban J connectivity index is 2.10. The molecule has 0 spiro atoms. The van der Waals surface area contributed by atoms with Crippen LogP contribution >= 0.6 is 0 Å². The Morgan fingerprint density at radius 1 is 1.29 bits per heavy atom. The smallest absolute Gasteiger partial charge is 0.254 e. The molecule has 1 amide bonds. The van der Waals surface area contributed by atoms with Crippen LogP contribution in [-0.4, -0.2) is 46.7 Å². The monoisotopic (exact) mass is 292 g/mol. The molecule has 1 aromatic rings. The van der Waals surface area contributed by atoms with Crippen LogP contribution < -0.4 is 5.32 Å². The topological polar surface area (TPSA) is 72.8 Å². The molecule has 1 heterocycles. The van der Waals surface area contributed by atoms with Crippen LogP contribution in [0.2, 0.25) is 0 Å². The Labute approximate surface area is 125 Å². The summed E-state index contributed by atoms with van der Waals surface area (Å²) in [5.74, 6) is -0.327. The molecule has 0 saturated carbocycles. The minimum atomic E-state index is -0.143. The van der Waals surface area contributed by atoms with Crippen molar-refractivity contribution in [1.29, 1.82) is 0 Å². The molecule has 0 aliphatic carbocycles. The van der Waals surface area contributed by atoms with Gasteiger partial charge in [0.15, 0.2) is 0 Å². The molecule has 0 aromatic heterocycles. The van der Waals surface area contributed by atoms with Crippen molar-refractivity contribution in [3.05, 3.63) is 23.8 Å². The number of carbonyl (C=O) groups excluding carboxylic acids is 1. The van der Waals surface area contributed by atoms with Gasteiger partial charge in [-0.05, 0) is 37.9 Å². The van der Waals surface area contributed by atoms with Gasteiger partial charge in [-0.25, -0.2) is 0 Å². The van der Waals surface area contributed by atoms with Gasteiger partial charge >= 0.3 is 0 Å². The van der Waals surface area contributed by atoms with Crippen LogP contribution in [0.5, 0.6) is 11.5 Å². The third kappa shape index (κ3) is 4.36. The van der Waals surface area contributed by atoms with E-state index in [4.69, 9.17) is 0 Å². The van der Waals surface area contributed by atoms with Gasteiger partial charge in [0.25, 0.3) is 5.91 Å². The van der Waals surface area contributed by atoms with Gasteiger partial charge in [-0.2, -0.15) is 0 Å². The Kier molecular flexibility index (Phi) is 5.44. The standard InChI is InChI=1S/C16H24N2O3/c1-2-7-18(11-13-5-3-4-6-17-13)16(21)12-8-14(19)10-15(20)9-12/h8-10,13,17,19-20H,2-7,11H2,1H3. The lowest BCUT2D eigenvalue weighted by Gasteiger charge is -2.30. The first-order valence-electron chi connectivity index (χ1n) is 7.66. The van der Waals surface area contributed by atoms with Crippen molar-refractivity contribution in [2.75, 3.05) is 19.6 Å². The van der Waals surface area contributed by atoms with E-state index < -0.39 is 0 Å². The van der Waals surface area contributed by atoms with Gasteiger partial charge in [-0.3, -0.25) is 4.79 Å². The fourth-order valence-corrected chi connectivity index (χ4v) is 2.79. The van der Waals surface area contributed by atoms with Crippen LogP contribution in [0.15, 0.2) is 18.2 Å². The second-order valence-electron chi connectivity index (χ2n) is 5.64. The molecule has 1 aliphatic rings. The Bertz CT molecular complexity index is 464. The summed E-state index contributed by atoms with van der Waals surface area (Å²) in [5.41, 5.74) is 0.330. The lowest BCUT2D eigenvalue weighted by molar-refractivity contribution is 0.0731. The Hall–Kier alpha value is -1.75. The predicted molar refractivity (Wildman–Crippen MR) is 81.6 cm³/mol. The molecular weight excluding hydrogens is 268 g/mol. The number of amides is 1. The second kappa shape index (κ2) is 7.31. The highest BCUT2D eigenvalue weighted by atomic mass is 16.3. The number of aromatic hydroxyl groups is 2. The van der Waals surface area contributed by atoms with E-state index in [2.05, 4.69) is 5.32 Å². The molecule has 1 aliphatic heterocycles. The largest absolute Gasteiger partial charge is 0.508 e. The van der Waals surface area contributed by atoms with Crippen molar-refractivity contribution in [2.24, 2.45) is 0 Å². The summed E-state index contributed by atoms with van der Waals surface area (Å²) < 4.78 is 0. The number of hydrogen-bond acceptors (Lipinski definition) is 4. The van der Waals surface area contributed by atoms with E-state index in [0.29, 0.717) is 24.7 Å². The molecule has 1 fully saturated rings. The van der Waals surface area contributed by atoms with Gasteiger partial charge < -0.3 is 20.4 Å². The zero-order valence-corrected chi connectivity index (χ0v) is 12.5. The fraction of sp³-hybridized carbons (Fsp3) is 0.562. The predicted octanol–water partition coefficient (Wildman–Crippen LogP) is 2.09. The van der Waals surface area contributed by atoms with E-state index in [1.54, 1.807) is 4.90 Å². The van der Waals surface area contributed by atoms with Gasteiger partial charge in [-0.1, -0.05) is 13.3 Å². The molecule has 21 heavy (non-hydrogen) atoms. The highest BCUT2D eigenvalue weighted by molar-refractivity contribution is 5.95. The van der Waals surface area contributed by atoms with Crippen molar-refractivity contribution in [3.8, 4) is 11.5 Å². The SMILES string of the molecule is CCCN(CC1CCCCN1)C(=O)c1cc(O)cc(O)c1. The Morgan fingerprint density at radius 3 is 2.57 bits per heavy atom. The van der Waals surface area contributed by atoms with Crippen LogP contribution in [0.1, 0.15) is 43.0 Å². The highest BCUT2D eigenvalue weighted by Crippen LogP contribution is 2.22. The van der Waals surface area contributed by atoms with E-state index in [9.17, 15) is 15.0 Å². The van der Waals surface area contributed by atoms with Crippen molar-refractivity contribution in [1.82, 2.24) is 10.2 Å². The molecule has 1 atom stereocenters. The van der Waals surface area contributed by atoms with Crippen molar-refractivity contribution >= 4 is 5.91 Å². The molecule has 1 aromatic carbocycles. The third-order valence-electron chi connectivity index (χ3n) is 3.78. The van der Waals surface area contributed by atoms with E-state index in [-0.39, 0.29) is 17.4 Å². The van der Waals surface area contributed by atoms with Crippen molar-refractivity contribution < 1.29 is 15.0 Å². The summed E-state index contributed by atoms with van der Waals surface area (Å²) in [6.07, 6.45) is 4.35. The fourth-order valence-electron chi connectivity index (χ4n) is 2.79. The van der Waals surface area contributed by atoms with Crippen LogP contribution in [0.25, 0.3) is 0 Å². The van der Waals surface area contributed by atoms with E-state index in [0.717, 1.165) is 19.4 Å². The summed E-state index contributed by atoms with van der Waals surface area (Å²) in [4.78, 5) is 14.4. The molecule has 3 N–H and O–H groups in total. The summed E-state index contributed by atoms with van der Waals surface area (Å²) in [5, 5.41) is 22.5. The number of rotatable bonds is 5.